The molecule has 0 saturated heterocycles. The second-order valence-corrected chi connectivity index (χ2v) is 5.14. The van der Waals surface area contributed by atoms with E-state index >= 15 is 0 Å². The van der Waals surface area contributed by atoms with Crippen LogP contribution in [0.15, 0.2) is 35.3 Å². The first-order valence-electron chi connectivity index (χ1n) is 6.32. The minimum absolute atomic E-state index is 0.0531. The van der Waals surface area contributed by atoms with E-state index in [4.69, 9.17) is 27.9 Å². The second-order valence-electron chi connectivity index (χ2n) is 4.36. The number of ether oxygens (including phenoxy) is 1. The number of methoxy groups -OCH3 is 1. The zero-order valence-corrected chi connectivity index (χ0v) is 13.2. The van der Waals surface area contributed by atoms with Gasteiger partial charge in [-0.05, 0) is 6.07 Å². The summed E-state index contributed by atoms with van der Waals surface area (Å²) in [7, 11) is 1.56. The first kappa shape index (κ1) is 16.3. The molecule has 0 aliphatic carbocycles. The van der Waals surface area contributed by atoms with Gasteiger partial charge >= 0.3 is 0 Å². The molecule has 22 heavy (non-hydrogen) atoms. The third-order valence-electron chi connectivity index (χ3n) is 2.90. The maximum atomic E-state index is 11.9. The van der Waals surface area contributed by atoms with Gasteiger partial charge in [0.25, 0.3) is 5.56 Å². The van der Waals surface area contributed by atoms with Crippen molar-refractivity contribution < 1.29 is 9.53 Å². The average Bonchev–Trinajstić information content (AvgIpc) is 2.53. The Morgan fingerprint density at radius 1 is 1.36 bits per heavy atom. The summed E-state index contributed by atoms with van der Waals surface area (Å²) in [5.74, 6) is 0.298. The van der Waals surface area contributed by atoms with E-state index in [0.29, 0.717) is 5.75 Å². The number of halogens is 2. The number of hydrogen-bond donors (Lipinski definition) is 1. The third-order valence-corrected chi connectivity index (χ3v) is 3.65. The van der Waals surface area contributed by atoms with Crippen LogP contribution >= 0.6 is 23.2 Å². The van der Waals surface area contributed by atoms with Crippen molar-refractivity contribution in [1.82, 2.24) is 15.1 Å². The number of amides is 1. The number of rotatable bonds is 5. The highest BCUT2D eigenvalue weighted by atomic mass is 35.5. The van der Waals surface area contributed by atoms with E-state index in [1.165, 1.54) is 6.20 Å². The fraction of sp³-hybridized carbons (Fsp3) is 0.214. The van der Waals surface area contributed by atoms with Crippen molar-refractivity contribution in [1.29, 1.82) is 0 Å². The maximum Gasteiger partial charge on any atom is 0.287 e. The van der Waals surface area contributed by atoms with Gasteiger partial charge in [0, 0.05) is 12.1 Å². The van der Waals surface area contributed by atoms with Gasteiger partial charge in [0.2, 0.25) is 5.91 Å². The van der Waals surface area contributed by atoms with E-state index in [0.717, 1.165) is 10.2 Å². The molecule has 0 saturated carbocycles. The number of hydrogen-bond acceptors (Lipinski definition) is 4. The Hall–Kier alpha value is -2.05. The summed E-state index contributed by atoms with van der Waals surface area (Å²) in [5, 5.41) is 6.35. The topological polar surface area (TPSA) is 73.2 Å². The molecule has 0 fully saturated rings. The molecule has 0 aliphatic heterocycles. The van der Waals surface area contributed by atoms with E-state index in [1.54, 1.807) is 13.2 Å². The molecule has 2 aromatic rings. The summed E-state index contributed by atoms with van der Waals surface area (Å²) in [4.78, 5) is 23.7. The molecule has 0 aliphatic rings. The molecule has 1 heterocycles. The molecule has 0 unspecified atom stereocenters. The Balaban J connectivity index is 2.02. The van der Waals surface area contributed by atoms with Crippen LogP contribution in [0.5, 0.6) is 5.75 Å². The molecule has 116 valence electrons. The minimum Gasteiger partial charge on any atom is -0.496 e. The van der Waals surface area contributed by atoms with Gasteiger partial charge in [-0.3, -0.25) is 9.59 Å². The molecule has 0 radical (unpaired) electrons. The molecule has 2 rings (SSSR count). The van der Waals surface area contributed by atoms with Crippen LogP contribution < -0.4 is 15.6 Å². The number of aromatic nitrogens is 2. The lowest BCUT2D eigenvalue weighted by Gasteiger charge is -2.10. The largest absolute Gasteiger partial charge is 0.496 e. The number of benzene rings is 1. The Morgan fingerprint density at radius 3 is 2.82 bits per heavy atom. The second kappa shape index (κ2) is 7.29. The van der Waals surface area contributed by atoms with Gasteiger partial charge < -0.3 is 10.1 Å². The summed E-state index contributed by atoms with van der Waals surface area (Å²) in [5.41, 5.74) is 0.217. The predicted octanol–water partition coefficient (Wildman–Crippen LogP) is 1.88. The summed E-state index contributed by atoms with van der Waals surface area (Å²) < 4.78 is 6.14. The fourth-order valence-electron chi connectivity index (χ4n) is 1.79. The van der Waals surface area contributed by atoms with Crippen LogP contribution in [0, 0.1) is 0 Å². The number of para-hydroxylation sites is 1. The molecular weight excluding hydrogens is 329 g/mol. The lowest BCUT2D eigenvalue weighted by atomic mass is 10.2. The van der Waals surface area contributed by atoms with E-state index in [9.17, 15) is 9.59 Å². The van der Waals surface area contributed by atoms with Gasteiger partial charge in [0.1, 0.15) is 17.3 Å². The lowest BCUT2D eigenvalue weighted by Crippen LogP contribution is -2.33. The standard InChI is InChI=1S/C14H13Cl2N3O3/c1-22-11-5-3-2-4-9(11)6-17-12(20)8-19-14(21)13(16)10(15)7-18-19/h2-5,7H,6,8H2,1H3,(H,17,20). The van der Waals surface area contributed by atoms with Gasteiger partial charge in [-0.15, -0.1) is 0 Å². The molecule has 8 heteroatoms. The summed E-state index contributed by atoms with van der Waals surface area (Å²) >= 11 is 11.4. The minimum atomic E-state index is -0.610. The first-order valence-corrected chi connectivity index (χ1v) is 7.08. The zero-order valence-electron chi connectivity index (χ0n) is 11.7. The van der Waals surface area contributed by atoms with Crippen molar-refractivity contribution >= 4 is 29.1 Å². The number of carbonyl (C=O) groups is 1. The Labute approximate surface area is 136 Å². The van der Waals surface area contributed by atoms with E-state index < -0.39 is 5.56 Å². The third kappa shape index (κ3) is 3.78. The lowest BCUT2D eigenvalue weighted by molar-refractivity contribution is -0.122. The molecule has 1 aromatic carbocycles. The van der Waals surface area contributed by atoms with Gasteiger partial charge in [-0.25, -0.2) is 4.68 Å². The van der Waals surface area contributed by atoms with Crippen LogP contribution in [0.3, 0.4) is 0 Å². The van der Waals surface area contributed by atoms with Crippen LogP contribution in [0.25, 0.3) is 0 Å². The zero-order chi connectivity index (χ0) is 16.1. The molecule has 6 nitrogen and oxygen atoms in total. The molecular formula is C14H13Cl2N3O3. The van der Waals surface area contributed by atoms with E-state index in [-0.39, 0.29) is 29.0 Å². The highest BCUT2D eigenvalue weighted by Gasteiger charge is 2.11. The van der Waals surface area contributed by atoms with Crippen molar-refractivity contribution in [3.63, 3.8) is 0 Å². The summed E-state index contributed by atoms with van der Waals surface area (Å²) in [6.07, 6.45) is 1.22. The summed E-state index contributed by atoms with van der Waals surface area (Å²) in [6, 6.07) is 7.31. The average molecular weight is 342 g/mol. The molecule has 0 atom stereocenters. The van der Waals surface area contributed by atoms with Crippen molar-refractivity contribution in [2.45, 2.75) is 13.1 Å². The molecule has 1 aromatic heterocycles. The van der Waals surface area contributed by atoms with Gasteiger partial charge in [0.05, 0.1) is 18.3 Å². The van der Waals surface area contributed by atoms with Crippen LogP contribution in [-0.4, -0.2) is 22.8 Å². The van der Waals surface area contributed by atoms with E-state index in [2.05, 4.69) is 10.4 Å². The number of carbonyl (C=O) groups excluding carboxylic acids is 1. The normalized spacial score (nSPS) is 10.3. The SMILES string of the molecule is COc1ccccc1CNC(=O)Cn1ncc(Cl)c(Cl)c1=O. The predicted molar refractivity (Wildman–Crippen MR) is 83.4 cm³/mol. The Kier molecular flexibility index (Phi) is 5.41. The van der Waals surface area contributed by atoms with Crippen molar-refractivity contribution in [3.8, 4) is 5.75 Å². The van der Waals surface area contributed by atoms with Gasteiger partial charge in [-0.2, -0.15) is 5.10 Å². The van der Waals surface area contributed by atoms with Crippen LogP contribution in [0.4, 0.5) is 0 Å². The highest BCUT2D eigenvalue weighted by molar-refractivity contribution is 6.41. The monoisotopic (exact) mass is 341 g/mol. The molecule has 0 bridgehead atoms. The highest BCUT2D eigenvalue weighted by Crippen LogP contribution is 2.16. The van der Waals surface area contributed by atoms with Crippen molar-refractivity contribution in [2.24, 2.45) is 0 Å². The van der Waals surface area contributed by atoms with Crippen molar-refractivity contribution in [2.75, 3.05) is 7.11 Å². The molecule has 0 spiro atoms. The Bertz CT molecular complexity index is 746. The molecule has 1 N–H and O–H groups in total. The Morgan fingerprint density at radius 2 is 2.09 bits per heavy atom. The smallest absolute Gasteiger partial charge is 0.287 e. The number of nitrogens with zero attached hydrogens (tertiary/aromatic N) is 2. The summed E-state index contributed by atoms with van der Waals surface area (Å²) in [6.45, 7) is 0.0315. The fourth-order valence-corrected chi connectivity index (χ4v) is 2.06. The molecule has 1 amide bonds. The maximum absolute atomic E-state index is 11.9. The van der Waals surface area contributed by atoms with Crippen molar-refractivity contribution in [3.05, 3.63) is 56.4 Å². The van der Waals surface area contributed by atoms with E-state index in [1.807, 2.05) is 18.2 Å². The van der Waals surface area contributed by atoms with Gasteiger partial charge in [-0.1, -0.05) is 41.4 Å². The first-order chi connectivity index (χ1) is 10.5. The van der Waals surface area contributed by atoms with Crippen LogP contribution in [0.2, 0.25) is 10.0 Å². The number of nitrogens with one attached hydrogen (secondary N) is 1. The quantitative estimate of drug-likeness (QED) is 0.900. The van der Waals surface area contributed by atoms with Crippen LogP contribution in [0.1, 0.15) is 5.56 Å². The van der Waals surface area contributed by atoms with Gasteiger partial charge in [0.15, 0.2) is 0 Å². The van der Waals surface area contributed by atoms with Crippen LogP contribution in [-0.2, 0) is 17.9 Å².